The average Bonchev–Trinajstić information content (AvgIpc) is 2.61. The highest BCUT2D eigenvalue weighted by atomic mass is 16.6. The molecule has 0 aromatic rings. The number of carbonyl (C=O) groups is 3. The molecule has 6 heteroatoms. The number of carbonyl (C=O) groups excluding carboxylic acids is 3. The monoisotopic (exact) mass is 420 g/mol. The van der Waals surface area contributed by atoms with Gasteiger partial charge < -0.3 is 14.2 Å². The summed E-state index contributed by atoms with van der Waals surface area (Å²) in [5, 5.41) is 0. The summed E-state index contributed by atoms with van der Waals surface area (Å²) in [4.78, 5) is 37.7. The standard InChI is InChI=1S/C24H36O6/c1-9-22(6)12-10-16-23(7)13-11-17(28-14(2)25)21(4,5)19(23)18(29-15(3)26)20(27)24(16,8)30-22/h9,16-19H,1,10-13H2,2-8H3. The Balaban J connectivity index is 2.13. The molecule has 0 amide bonds. The van der Waals surface area contributed by atoms with Crippen molar-refractivity contribution in [2.75, 3.05) is 0 Å². The second-order valence-corrected chi connectivity index (χ2v) is 10.7. The number of ether oxygens (including phenoxy) is 3. The summed E-state index contributed by atoms with van der Waals surface area (Å²) >= 11 is 0. The van der Waals surface area contributed by atoms with Crippen LogP contribution in [0.15, 0.2) is 12.7 Å². The van der Waals surface area contributed by atoms with Gasteiger partial charge in [0.2, 0.25) is 5.78 Å². The van der Waals surface area contributed by atoms with E-state index < -0.39 is 28.7 Å². The summed E-state index contributed by atoms with van der Waals surface area (Å²) in [6.45, 7) is 16.7. The first kappa shape index (κ1) is 23.0. The van der Waals surface area contributed by atoms with Crippen molar-refractivity contribution in [3.8, 4) is 0 Å². The van der Waals surface area contributed by atoms with Gasteiger partial charge in [0.05, 0.1) is 5.60 Å². The van der Waals surface area contributed by atoms with E-state index in [9.17, 15) is 14.4 Å². The van der Waals surface area contributed by atoms with E-state index in [0.717, 1.165) is 19.3 Å². The van der Waals surface area contributed by atoms with E-state index in [2.05, 4.69) is 13.5 Å². The molecular weight excluding hydrogens is 384 g/mol. The minimum atomic E-state index is -1.07. The van der Waals surface area contributed by atoms with Gasteiger partial charge in [-0.3, -0.25) is 14.4 Å². The largest absolute Gasteiger partial charge is 0.462 e. The Morgan fingerprint density at radius 2 is 1.63 bits per heavy atom. The zero-order valence-corrected chi connectivity index (χ0v) is 19.4. The van der Waals surface area contributed by atoms with Crippen LogP contribution in [0.2, 0.25) is 0 Å². The molecule has 3 aliphatic rings. The molecule has 3 rings (SSSR count). The van der Waals surface area contributed by atoms with Crippen molar-refractivity contribution in [1.82, 2.24) is 0 Å². The predicted molar refractivity (Wildman–Crippen MR) is 112 cm³/mol. The Morgan fingerprint density at radius 1 is 1.03 bits per heavy atom. The van der Waals surface area contributed by atoms with E-state index in [1.807, 2.05) is 27.7 Å². The molecule has 0 aromatic heterocycles. The number of ketones is 1. The highest BCUT2D eigenvalue weighted by molar-refractivity contribution is 5.94. The lowest BCUT2D eigenvalue weighted by Gasteiger charge is -2.66. The fourth-order valence-corrected chi connectivity index (χ4v) is 6.93. The van der Waals surface area contributed by atoms with Crippen LogP contribution in [0.4, 0.5) is 0 Å². The Labute approximate surface area is 179 Å². The second kappa shape index (κ2) is 7.18. The van der Waals surface area contributed by atoms with Crippen LogP contribution in [0.5, 0.6) is 0 Å². The normalized spacial score (nSPS) is 45.0. The molecule has 0 spiro atoms. The Kier molecular flexibility index (Phi) is 5.50. The topological polar surface area (TPSA) is 78.9 Å². The number of esters is 2. The number of hydrogen-bond donors (Lipinski definition) is 0. The van der Waals surface area contributed by atoms with Gasteiger partial charge >= 0.3 is 11.9 Å². The molecule has 1 saturated heterocycles. The first-order valence-electron chi connectivity index (χ1n) is 10.9. The highest BCUT2D eigenvalue weighted by Crippen LogP contribution is 2.65. The van der Waals surface area contributed by atoms with E-state index in [0.29, 0.717) is 6.42 Å². The van der Waals surface area contributed by atoms with Crippen molar-refractivity contribution in [2.45, 2.75) is 97.6 Å². The van der Waals surface area contributed by atoms with Gasteiger partial charge in [0.15, 0.2) is 6.10 Å². The van der Waals surface area contributed by atoms with Gasteiger partial charge in [0.25, 0.3) is 0 Å². The van der Waals surface area contributed by atoms with Crippen LogP contribution >= 0.6 is 0 Å². The summed E-state index contributed by atoms with van der Waals surface area (Å²) in [5.74, 6) is -1.34. The minimum Gasteiger partial charge on any atom is -0.462 e. The van der Waals surface area contributed by atoms with Gasteiger partial charge in [-0.15, -0.1) is 6.58 Å². The molecule has 1 aliphatic heterocycles. The maximum absolute atomic E-state index is 13.9. The van der Waals surface area contributed by atoms with Crippen LogP contribution in [0, 0.1) is 22.7 Å². The van der Waals surface area contributed by atoms with Crippen LogP contribution in [0.3, 0.4) is 0 Å². The molecule has 2 saturated carbocycles. The smallest absolute Gasteiger partial charge is 0.303 e. The van der Waals surface area contributed by atoms with E-state index in [4.69, 9.17) is 14.2 Å². The lowest BCUT2D eigenvalue weighted by molar-refractivity contribution is -0.269. The predicted octanol–water partition coefficient (Wildman–Crippen LogP) is 4.01. The van der Waals surface area contributed by atoms with E-state index >= 15 is 0 Å². The number of hydrogen-bond acceptors (Lipinski definition) is 6. The zero-order chi connectivity index (χ0) is 22.7. The van der Waals surface area contributed by atoms with Gasteiger partial charge in [-0.2, -0.15) is 0 Å². The summed E-state index contributed by atoms with van der Waals surface area (Å²) in [6, 6.07) is 0. The molecule has 7 atom stereocenters. The van der Waals surface area contributed by atoms with Crippen LogP contribution in [-0.2, 0) is 28.6 Å². The molecule has 2 aliphatic carbocycles. The second-order valence-electron chi connectivity index (χ2n) is 10.7. The number of fused-ring (bicyclic) bond motifs is 3. The van der Waals surface area contributed by atoms with Crippen molar-refractivity contribution in [3.05, 3.63) is 12.7 Å². The van der Waals surface area contributed by atoms with Crippen molar-refractivity contribution < 1.29 is 28.6 Å². The van der Waals surface area contributed by atoms with Gasteiger partial charge in [-0.05, 0) is 44.9 Å². The molecule has 3 fully saturated rings. The lowest BCUT2D eigenvalue weighted by atomic mass is 9.42. The number of Topliss-reactive ketones (excluding diaryl/α,β-unsaturated/α-hetero) is 1. The molecule has 0 N–H and O–H groups in total. The van der Waals surface area contributed by atoms with Crippen molar-refractivity contribution in [3.63, 3.8) is 0 Å². The van der Waals surface area contributed by atoms with Crippen LogP contribution in [-0.4, -0.2) is 41.1 Å². The Hall–Kier alpha value is -1.69. The molecule has 6 nitrogen and oxygen atoms in total. The van der Waals surface area contributed by atoms with E-state index in [-0.39, 0.29) is 35.1 Å². The fraction of sp³-hybridized carbons (Fsp3) is 0.792. The van der Waals surface area contributed by atoms with Crippen molar-refractivity contribution in [1.29, 1.82) is 0 Å². The first-order chi connectivity index (χ1) is 13.7. The third kappa shape index (κ3) is 3.31. The average molecular weight is 421 g/mol. The molecule has 0 radical (unpaired) electrons. The lowest BCUT2D eigenvalue weighted by Crippen LogP contribution is -2.73. The summed E-state index contributed by atoms with van der Waals surface area (Å²) < 4.78 is 17.8. The van der Waals surface area contributed by atoms with Gasteiger partial charge in [0, 0.05) is 31.1 Å². The van der Waals surface area contributed by atoms with Crippen LogP contribution < -0.4 is 0 Å². The van der Waals surface area contributed by atoms with Crippen LogP contribution in [0.25, 0.3) is 0 Å². The molecule has 7 unspecified atom stereocenters. The molecule has 1 heterocycles. The Bertz CT molecular complexity index is 772. The van der Waals surface area contributed by atoms with Gasteiger partial charge in [-0.1, -0.05) is 26.8 Å². The van der Waals surface area contributed by atoms with Crippen molar-refractivity contribution >= 4 is 17.7 Å². The summed E-state index contributed by atoms with van der Waals surface area (Å²) in [7, 11) is 0. The van der Waals surface area contributed by atoms with Gasteiger partial charge in [0.1, 0.15) is 11.7 Å². The highest BCUT2D eigenvalue weighted by Gasteiger charge is 2.71. The first-order valence-corrected chi connectivity index (χ1v) is 10.9. The number of rotatable bonds is 3. The Morgan fingerprint density at radius 3 is 2.17 bits per heavy atom. The SMILES string of the molecule is C=CC1(C)CCC2C(C)(O1)C(=O)C(OC(C)=O)C1C(C)(C)C(OC(C)=O)CCC21C. The summed E-state index contributed by atoms with van der Waals surface area (Å²) in [6.07, 6.45) is 3.53. The van der Waals surface area contributed by atoms with Crippen LogP contribution in [0.1, 0.15) is 74.1 Å². The van der Waals surface area contributed by atoms with E-state index in [1.54, 1.807) is 6.08 Å². The fourth-order valence-electron chi connectivity index (χ4n) is 6.93. The molecule has 0 aromatic carbocycles. The van der Waals surface area contributed by atoms with E-state index in [1.165, 1.54) is 13.8 Å². The van der Waals surface area contributed by atoms with Gasteiger partial charge in [-0.25, -0.2) is 0 Å². The third-order valence-electron chi connectivity index (χ3n) is 8.21. The molecular formula is C24H36O6. The molecule has 30 heavy (non-hydrogen) atoms. The van der Waals surface area contributed by atoms with Crippen molar-refractivity contribution in [2.24, 2.45) is 22.7 Å². The minimum absolute atomic E-state index is 0.0279. The quantitative estimate of drug-likeness (QED) is 0.507. The third-order valence-corrected chi connectivity index (χ3v) is 8.21. The maximum Gasteiger partial charge on any atom is 0.303 e. The maximum atomic E-state index is 13.9. The zero-order valence-electron chi connectivity index (χ0n) is 19.4. The molecule has 0 bridgehead atoms. The molecule has 168 valence electrons. The summed E-state index contributed by atoms with van der Waals surface area (Å²) in [5.41, 5.74) is -2.54.